The Bertz CT molecular complexity index is 1310. The molecule has 3 aromatic rings. The molecule has 1 aliphatic heterocycles. The predicted octanol–water partition coefficient (Wildman–Crippen LogP) is 7.21. The Morgan fingerprint density at radius 2 is 1.85 bits per heavy atom. The van der Waals surface area contributed by atoms with Gasteiger partial charge >= 0.3 is 6.03 Å². The van der Waals surface area contributed by atoms with Crippen LogP contribution in [0.4, 0.5) is 21.9 Å². The smallest absolute Gasteiger partial charge is 0.327 e. The fourth-order valence-electron chi connectivity index (χ4n) is 4.93. The summed E-state index contributed by atoms with van der Waals surface area (Å²) in [5.41, 5.74) is 6.05. The van der Waals surface area contributed by atoms with Crippen LogP contribution < -0.4 is 15.5 Å². The van der Waals surface area contributed by atoms with Crippen molar-refractivity contribution >= 4 is 40.2 Å². The maximum Gasteiger partial charge on any atom is 0.327 e. The predicted molar refractivity (Wildman–Crippen MR) is 140 cm³/mol. The number of carbonyl (C=O) groups excluding carboxylic acids is 2. The topological polar surface area (TPSA) is 61.4 Å². The maximum absolute atomic E-state index is 14.0. The number of hydrogen-bond acceptors (Lipinski definition) is 4. The standard InChI is InChI=1S/C28H29N3O2S/c1-17-11-12-19(14-18(17)2)29-27(33)31-22-9-6-5-8-20(22)30-21-15-28(3,4)16-23(32)25(21)26(31)24-10-7-13-34-24/h5-14,26,30H,15-16H2,1-4H3,(H,29,33)/t26-/m0/s1. The molecule has 34 heavy (non-hydrogen) atoms. The van der Waals surface area contributed by atoms with Crippen molar-refractivity contribution in [1.29, 1.82) is 0 Å². The minimum atomic E-state index is -0.499. The molecular formula is C28H29N3O2S. The molecule has 1 atom stereocenters. The molecule has 0 unspecified atom stereocenters. The van der Waals surface area contributed by atoms with Crippen LogP contribution in [0.5, 0.6) is 0 Å². The third-order valence-electron chi connectivity index (χ3n) is 6.69. The highest BCUT2D eigenvalue weighted by molar-refractivity contribution is 7.10. The van der Waals surface area contributed by atoms with Crippen molar-refractivity contribution in [3.05, 3.63) is 87.3 Å². The molecule has 2 heterocycles. The van der Waals surface area contributed by atoms with Gasteiger partial charge in [-0.15, -0.1) is 11.3 Å². The molecule has 0 radical (unpaired) electrons. The number of hydrogen-bond donors (Lipinski definition) is 2. The number of amides is 2. The summed E-state index contributed by atoms with van der Waals surface area (Å²) in [5.74, 6) is 0.0916. The first-order valence-electron chi connectivity index (χ1n) is 11.6. The van der Waals surface area contributed by atoms with Crippen LogP contribution in [-0.2, 0) is 4.79 Å². The van der Waals surface area contributed by atoms with Gasteiger partial charge in [-0.3, -0.25) is 9.69 Å². The van der Waals surface area contributed by atoms with Crippen molar-refractivity contribution in [2.45, 2.75) is 46.6 Å². The van der Waals surface area contributed by atoms with E-state index in [-0.39, 0.29) is 17.2 Å². The summed E-state index contributed by atoms with van der Waals surface area (Å²) < 4.78 is 0. The Hall–Kier alpha value is -3.38. The molecule has 0 bridgehead atoms. The first kappa shape index (κ1) is 22.4. The van der Waals surface area contributed by atoms with Gasteiger partial charge in [-0.05, 0) is 72.5 Å². The first-order chi connectivity index (χ1) is 16.2. The minimum Gasteiger partial charge on any atom is -0.357 e. The van der Waals surface area contributed by atoms with Crippen LogP contribution in [0.1, 0.15) is 48.7 Å². The summed E-state index contributed by atoms with van der Waals surface area (Å²) in [6.45, 7) is 8.33. The molecule has 2 N–H and O–H groups in total. The highest BCUT2D eigenvalue weighted by atomic mass is 32.1. The van der Waals surface area contributed by atoms with Crippen molar-refractivity contribution in [2.75, 3.05) is 15.5 Å². The number of para-hydroxylation sites is 2. The third-order valence-corrected chi connectivity index (χ3v) is 7.62. The maximum atomic E-state index is 14.0. The van der Waals surface area contributed by atoms with Gasteiger partial charge in [0.05, 0.1) is 11.4 Å². The number of nitrogens with one attached hydrogen (secondary N) is 2. The van der Waals surface area contributed by atoms with E-state index in [0.717, 1.165) is 39.6 Å². The Kier molecular flexibility index (Phi) is 5.56. The van der Waals surface area contributed by atoms with E-state index in [9.17, 15) is 9.59 Å². The molecule has 1 aliphatic carbocycles. The number of fused-ring (bicyclic) bond motifs is 1. The number of rotatable bonds is 2. The van der Waals surface area contributed by atoms with Gasteiger partial charge in [0.1, 0.15) is 6.04 Å². The lowest BCUT2D eigenvalue weighted by molar-refractivity contribution is -0.118. The SMILES string of the molecule is Cc1ccc(NC(=O)N2c3ccccc3NC3=C(C(=O)CC(C)(C)C3)[C@@H]2c2cccs2)cc1C. The summed E-state index contributed by atoms with van der Waals surface area (Å²) in [5, 5.41) is 8.64. The third kappa shape index (κ3) is 4.03. The van der Waals surface area contributed by atoms with Gasteiger partial charge in [0.15, 0.2) is 5.78 Å². The lowest BCUT2D eigenvalue weighted by Crippen LogP contribution is -2.41. The second kappa shape index (κ2) is 8.44. The molecule has 0 saturated heterocycles. The van der Waals surface area contributed by atoms with E-state index in [4.69, 9.17) is 0 Å². The number of thiophene rings is 1. The summed E-state index contributed by atoms with van der Waals surface area (Å²) in [4.78, 5) is 30.3. The van der Waals surface area contributed by atoms with Gasteiger partial charge in [0.25, 0.3) is 0 Å². The van der Waals surface area contributed by atoms with Crippen molar-refractivity contribution in [2.24, 2.45) is 5.41 Å². The number of urea groups is 1. The van der Waals surface area contributed by atoms with Crippen LogP contribution in [0.2, 0.25) is 0 Å². The van der Waals surface area contributed by atoms with E-state index in [1.54, 1.807) is 16.2 Å². The minimum absolute atomic E-state index is 0.0916. The van der Waals surface area contributed by atoms with Crippen molar-refractivity contribution < 1.29 is 9.59 Å². The molecule has 174 valence electrons. The molecule has 0 saturated carbocycles. The number of Topliss-reactive ketones (excluding diaryl/α,β-unsaturated/α-hetero) is 1. The molecule has 1 aromatic heterocycles. The quantitative estimate of drug-likeness (QED) is 0.415. The van der Waals surface area contributed by atoms with Crippen LogP contribution in [0.3, 0.4) is 0 Å². The van der Waals surface area contributed by atoms with Crippen LogP contribution in [0.25, 0.3) is 0 Å². The van der Waals surface area contributed by atoms with Crippen molar-refractivity contribution in [3.63, 3.8) is 0 Å². The molecule has 2 aromatic carbocycles. The van der Waals surface area contributed by atoms with E-state index in [0.29, 0.717) is 12.0 Å². The highest BCUT2D eigenvalue weighted by Gasteiger charge is 2.43. The monoisotopic (exact) mass is 471 g/mol. The number of carbonyl (C=O) groups is 2. The molecule has 2 amide bonds. The molecule has 0 fully saturated rings. The number of ketones is 1. The average Bonchev–Trinajstić information content (AvgIpc) is 3.25. The van der Waals surface area contributed by atoms with Crippen LogP contribution in [0, 0.1) is 19.3 Å². The zero-order valence-corrected chi connectivity index (χ0v) is 20.8. The van der Waals surface area contributed by atoms with Crippen LogP contribution >= 0.6 is 11.3 Å². The summed E-state index contributed by atoms with van der Waals surface area (Å²) in [7, 11) is 0. The van der Waals surface area contributed by atoms with Gasteiger partial charge < -0.3 is 10.6 Å². The lowest BCUT2D eigenvalue weighted by atomic mass is 9.74. The number of allylic oxidation sites excluding steroid dienone is 1. The Balaban J connectivity index is 1.67. The van der Waals surface area contributed by atoms with Crippen molar-refractivity contribution in [1.82, 2.24) is 0 Å². The zero-order chi connectivity index (χ0) is 24.0. The van der Waals surface area contributed by atoms with Gasteiger partial charge in [-0.25, -0.2) is 4.79 Å². The largest absolute Gasteiger partial charge is 0.357 e. The van der Waals surface area contributed by atoms with Gasteiger partial charge in [-0.1, -0.05) is 38.1 Å². The fourth-order valence-corrected chi connectivity index (χ4v) is 5.75. The Morgan fingerprint density at radius 3 is 2.59 bits per heavy atom. The Morgan fingerprint density at radius 1 is 1.06 bits per heavy atom. The summed E-state index contributed by atoms with van der Waals surface area (Å²) >= 11 is 1.57. The van der Waals surface area contributed by atoms with E-state index in [1.165, 1.54) is 5.56 Å². The zero-order valence-electron chi connectivity index (χ0n) is 19.9. The number of nitrogens with zero attached hydrogens (tertiary/aromatic N) is 1. The summed E-state index contributed by atoms with van der Waals surface area (Å²) in [6, 6.07) is 16.9. The molecular weight excluding hydrogens is 442 g/mol. The normalized spacial score (nSPS) is 19.1. The van der Waals surface area contributed by atoms with E-state index < -0.39 is 6.04 Å². The molecule has 5 nitrogen and oxygen atoms in total. The van der Waals surface area contributed by atoms with Gasteiger partial charge in [0.2, 0.25) is 0 Å². The molecule has 2 aliphatic rings. The number of anilines is 3. The second-order valence-electron chi connectivity index (χ2n) is 9.99. The van der Waals surface area contributed by atoms with Gasteiger partial charge in [-0.2, -0.15) is 0 Å². The average molecular weight is 472 g/mol. The molecule has 6 heteroatoms. The van der Waals surface area contributed by atoms with E-state index in [2.05, 4.69) is 31.4 Å². The lowest BCUT2D eigenvalue weighted by Gasteiger charge is -2.36. The number of benzene rings is 2. The molecule has 0 spiro atoms. The van der Waals surface area contributed by atoms with E-state index in [1.807, 2.05) is 66.9 Å². The first-order valence-corrected chi connectivity index (χ1v) is 12.4. The fraction of sp³-hybridized carbons (Fsp3) is 0.286. The molecule has 5 rings (SSSR count). The van der Waals surface area contributed by atoms with E-state index >= 15 is 0 Å². The number of aryl methyl sites for hydroxylation is 2. The van der Waals surface area contributed by atoms with Crippen LogP contribution in [-0.4, -0.2) is 11.8 Å². The second-order valence-corrected chi connectivity index (χ2v) is 11.0. The Labute approximate surface area is 204 Å². The highest BCUT2D eigenvalue weighted by Crippen LogP contribution is 2.49. The van der Waals surface area contributed by atoms with Crippen LogP contribution in [0.15, 0.2) is 71.2 Å². The van der Waals surface area contributed by atoms with Crippen molar-refractivity contribution in [3.8, 4) is 0 Å². The summed E-state index contributed by atoms with van der Waals surface area (Å²) in [6.07, 6.45) is 1.20. The van der Waals surface area contributed by atoms with Gasteiger partial charge in [0, 0.05) is 28.3 Å².